The molecule has 1 aliphatic carbocycles. The second-order valence-corrected chi connectivity index (χ2v) is 5.61. The van der Waals surface area contributed by atoms with Crippen LogP contribution in [-0.2, 0) is 4.74 Å². The Kier molecular flexibility index (Phi) is 5.62. The largest absolute Gasteiger partial charge is 0.351 e. The first-order valence-corrected chi connectivity index (χ1v) is 7.48. The second-order valence-electron chi connectivity index (χ2n) is 5.61. The molecule has 2 rings (SSSR count). The molecule has 0 amide bonds. The van der Waals surface area contributed by atoms with E-state index in [1.165, 1.54) is 24.0 Å². The summed E-state index contributed by atoms with van der Waals surface area (Å²) >= 11 is 0. The number of rotatable bonds is 4. The molecule has 0 saturated carbocycles. The van der Waals surface area contributed by atoms with E-state index in [0.29, 0.717) is 0 Å². The molecule has 2 unspecified atom stereocenters. The highest BCUT2D eigenvalue weighted by Gasteiger charge is 2.13. The Morgan fingerprint density at radius 3 is 2.65 bits per heavy atom. The highest BCUT2D eigenvalue weighted by Crippen LogP contribution is 2.18. The summed E-state index contributed by atoms with van der Waals surface area (Å²) in [6.07, 6.45) is 9.01. The van der Waals surface area contributed by atoms with Crippen molar-refractivity contribution in [2.75, 3.05) is 5.32 Å². The third kappa shape index (κ3) is 4.99. The van der Waals surface area contributed by atoms with Crippen LogP contribution in [0.25, 0.3) is 0 Å². The fourth-order valence-electron chi connectivity index (χ4n) is 2.64. The minimum absolute atomic E-state index is 0.00343. The molecule has 0 spiro atoms. The molecule has 0 aliphatic heterocycles. The quantitative estimate of drug-likeness (QED) is 0.647. The number of aryl methyl sites for hydroxylation is 2. The maximum Gasteiger partial charge on any atom is 0.236 e. The molecule has 0 fully saturated rings. The van der Waals surface area contributed by atoms with Crippen LogP contribution in [-0.4, -0.2) is 17.6 Å². The third-order valence-electron chi connectivity index (χ3n) is 3.53. The van der Waals surface area contributed by atoms with Crippen molar-refractivity contribution in [3.05, 3.63) is 41.5 Å². The van der Waals surface area contributed by atoms with Crippen LogP contribution < -0.4 is 5.32 Å². The number of ether oxygens (including phenoxy) is 1. The molecule has 1 aromatic rings. The average Bonchev–Trinajstić information content (AvgIpc) is 2.31. The van der Waals surface area contributed by atoms with E-state index in [1.54, 1.807) is 0 Å². The fourth-order valence-corrected chi connectivity index (χ4v) is 2.64. The van der Waals surface area contributed by atoms with Gasteiger partial charge in [-0.15, -0.1) is 0 Å². The summed E-state index contributed by atoms with van der Waals surface area (Å²) in [4.78, 5) is 0. The van der Waals surface area contributed by atoms with E-state index in [1.807, 2.05) is 26.0 Å². The Morgan fingerprint density at radius 1 is 1.15 bits per heavy atom. The highest BCUT2D eigenvalue weighted by atomic mass is 16.6. The number of aliphatic hydroxyl groups is 1. The van der Waals surface area contributed by atoms with Gasteiger partial charge in [-0.25, -0.2) is 0 Å². The van der Waals surface area contributed by atoms with E-state index in [0.717, 1.165) is 24.9 Å². The van der Waals surface area contributed by atoms with Gasteiger partial charge in [-0.2, -0.15) is 0 Å². The molecule has 2 atom stereocenters. The van der Waals surface area contributed by atoms with Crippen molar-refractivity contribution in [2.24, 2.45) is 0 Å². The summed E-state index contributed by atoms with van der Waals surface area (Å²) in [5, 5.41) is 13.0. The molecular weight excluding hydrogens is 250 g/mol. The molecule has 0 saturated heterocycles. The van der Waals surface area contributed by atoms with E-state index in [4.69, 9.17) is 4.74 Å². The number of anilines is 1. The molecule has 20 heavy (non-hydrogen) atoms. The zero-order chi connectivity index (χ0) is 14.4. The summed E-state index contributed by atoms with van der Waals surface area (Å²) in [5.74, 6) is 0. The van der Waals surface area contributed by atoms with Crippen LogP contribution in [0.15, 0.2) is 30.4 Å². The summed E-state index contributed by atoms with van der Waals surface area (Å²) in [6, 6.07) is 6.12. The van der Waals surface area contributed by atoms with Gasteiger partial charge in [-0.1, -0.05) is 31.1 Å². The molecular formula is C17H25NO2. The number of nitrogens with one attached hydrogen (secondary N) is 1. The zero-order valence-electron chi connectivity index (χ0n) is 12.4. The normalized spacial score (nSPS) is 22.6. The van der Waals surface area contributed by atoms with Crippen LogP contribution >= 0.6 is 0 Å². The van der Waals surface area contributed by atoms with Crippen molar-refractivity contribution in [3.8, 4) is 0 Å². The minimum Gasteiger partial charge on any atom is -0.351 e. The molecule has 3 nitrogen and oxygen atoms in total. The lowest BCUT2D eigenvalue weighted by atomic mass is 10.0. The average molecular weight is 275 g/mol. The Morgan fingerprint density at radius 2 is 1.90 bits per heavy atom. The molecule has 3 heteroatoms. The number of hydrogen-bond donors (Lipinski definition) is 2. The Labute approximate surface area is 121 Å². The molecule has 1 aliphatic rings. The van der Waals surface area contributed by atoms with Crippen molar-refractivity contribution in [1.29, 1.82) is 0 Å². The molecule has 1 aromatic carbocycles. The van der Waals surface area contributed by atoms with Gasteiger partial charge in [0.15, 0.2) is 0 Å². The summed E-state index contributed by atoms with van der Waals surface area (Å²) in [7, 11) is 0. The van der Waals surface area contributed by atoms with E-state index in [2.05, 4.69) is 23.5 Å². The molecule has 0 radical (unpaired) electrons. The lowest BCUT2D eigenvalue weighted by Gasteiger charge is -2.22. The van der Waals surface area contributed by atoms with Crippen molar-refractivity contribution in [3.63, 3.8) is 0 Å². The van der Waals surface area contributed by atoms with E-state index < -0.39 is 6.41 Å². The topological polar surface area (TPSA) is 41.5 Å². The number of hydrogen-bond acceptors (Lipinski definition) is 3. The van der Waals surface area contributed by atoms with Gasteiger partial charge in [0.2, 0.25) is 6.41 Å². The first kappa shape index (κ1) is 15.1. The predicted molar refractivity (Wildman–Crippen MR) is 82.6 cm³/mol. The van der Waals surface area contributed by atoms with Crippen molar-refractivity contribution in [1.82, 2.24) is 0 Å². The highest BCUT2D eigenvalue weighted by molar-refractivity contribution is 5.48. The SMILES string of the molecule is Cc1cc(C)cc(NC(O)OC2/C=C/CCCCC2)c1. The van der Waals surface area contributed by atoms with Gasteiger partial charge >= 0.3 is 0 Å². The first-order chi connectivity index (χ1) is 9.63. The van der Waals surface area contributed by atoms with Crippen molar-refractivity contribution < 1.29 is 9.84 Å². The van der Waals surface area contributed by atoms with E-state index in [-0.39, 0.29) is 6.10 Å². The Bertz CT molecular complexity index is 436. The van der Waals surface area contributed by atoms with Crippen LogP contribution in [0.4, 0.5) is 5.69 Å². The molecule has 0 bridgehead atoms. The maximum atomic E-state index is 10.0. The van der Waals surface area contributed by atoms with Gasteiger partial charge in [0.05, 0.1) is 6.10 Å². The van der Waals surface area contributed by atoms with Crippen molar-refractivity contribution in [2.45, 2.75) is 58.5 Å². The number of allylic oxidation sites excluding steroid dienone is 1. The Balaban J connectivity index is 1.90. The van der Waals surface area contributed by atoms with E-state index in [9.17, 15) is 5.11 Å². The van der Waals surface area contributed by atoms with Gasteiger partial charge in [0.1, 0.15) is 0 Å². The fraction of sp³-hybridized carbons (Fsp3) is 0.529. The summed E-state index contributed by atoms with van der Waals surface area (Å²) < 4.78 is 5.67. The monoisotopic (exact) mass is 275 g/mol. The standard InChI is InChI=1S/C17H25NO2/c1-13-10-14(2)12-15(11-13)18-17(19)20-16-8-6-4-3-5-7-9-16/h6,8,10-12,16-19H,3-5,7,9H2,1-2H3/b8-6+. The number of aliphatic hydroxyl groups excluding tert-OH is 1. The molecule has 0 aromatic heterocycles. The van der Waals surface area contributed by atoms with Crippen molar-refractivity contribution >= 4 is 5.69 Å². The van der Waals surface area contributed by atoms with Crippen LogP contribution in [0.3, 0.4) is 0 Å². The van der Waals surface area contributed by atoms with E-state index >= 15 is 0 Å². The molecule has 110 valence electrons. The van der Waals surface area contributed by atoms with Gasteiger partial charge in [-0.3, -0.25) is 0 Å². The van der Waals surface area contributed by atoms with Gasteiger partial charge in [-0.05, 0) is 56.4 Å². The van der Waals surface area contributed by atoms with Gasteiger partial charge < -0.3 is 15.2 Å². The molecule has 2 N–H and O–H groups in total. The Hall–Kier alpha value is -1.32. The predicted octanol–water partition coefficient (Wildman–Crippen LogP) is 3.90. The summed E-state index contributed by atoms with van der Waals surface area (Å²) in [6.45, 7) is 4.09. The molecule has 0 heterocycles. The lowest BCUT2D eigenvalue weighted by molar-refractivity contribution is -0.105. The van der Waals surface area contributed by atoms with Crippen LogP contribution in [0.5, 0.6) is 0 Å². The first-order valence-electron chi connectivity index (χ1n) is 7.48. The van der Waals surface area contributed by atoms with Crippen LogP contribution in [0.1, 0.15) is 43.2 Å². The lowest BCUT2D eigenvalue weighted by Crippen LogP contribution is -2.28. The minimum atomic E-state index is -0.967. The smallest absolute Gasteiger partial charge is 0.236 e. The number of benzene rings is 1. The van der Waals surface area contributed by atoms with Gasteiger partial charge in [0.25, 0.3) is 0 Å². The van der Waals surface area contributed by atoms with Gasteiger partial charge in [0, 0.05) is 5.69 Å². The maximum absolute atomic E-state index is 10.0. The third-order valence-corrected chi connectivity index (χ3v) is 3.53. The second kappa shape index (κ2) is 7.46. The summed E-state index contributed by atoms with van der Waals surface area (Å²) in [5.41, 5.74) is 3.24. The van der Waals surface area contributed by atoms with Crippen LogP contribution in [0.2, 0.25) is 0 Å². The van der Waals surface area contributed by atoms with Crippen LogP contribution in [0, 0.1) is 13.8 Å². The zero-order valence-corrected chi connectivity index (χ0v) is 12.4.